The molecule has 88 valence electrons. The van der Waals surface area contributed by atoms with E-state index in [0.717, 1.165) is 44.8 Å². The van der Waals surface area contributed by atoms with Gasteiger partial charge in [-0.05, 0) is 18.1 Å². The number of hydrogen-bond acceptors (Lipinski definition) is 4. The Kier molecular flexibility index (Phi) is 4.27. The Balaban J connectivity index is 1.77. The topological polar surface area (TPSA) is 51.4 Å². The number of hydrogen-bond donors (Lipinski definition) is 1. The molecule has 4 nitrogen and oxygen atoms in total. The maximum atomic E-state index is 6.11. The molecule has 1 atom stereocenters. The number of morpholine rings is 1. The Bertz CT molecular complexity index is 298. The SMILES string of the molecule is NC(CCN1CCOCC1)c1cccnc1. The van der Waals surface area contributed by atoms with Crippen LogP contribution < -0.4 is 5.73 Å². The monoisotopic (exact) mass is 221 g/mol. The Morgan fingerprint density at radius 1 is 1.44 bits per heavy atom. The summed E-state index contributed by atoms with van der Waals surface area (Å²) >= 11 is 0. The van der Waals surface area contributed by atoms with E-state index in [-0.39, 0.29) is 6.04 Å². The van der Waals surface area contributed by atoms with E-state index in [1.165, 1.54) is 0 Å². The second-order valence-electron chi connectivity index (χ2n) is 4.14. The molecule has 4 heteroatoms. The lowest BCUT2D eigenvalue weighted by atomic mass is 10.1. The summed E-state index contributed by atoms with van der Waals surface area (Å²) in [5.74, 6) is 0. The molecule has 1 aliphatic rings. The number of nitrogens with two attached hydrogens (primary N) is 1. The molecule has 0 aliphatic carbocycles. The highest BCUT2D eigenvalue weighted by Crippen LogP contribution is 2.13. The minimum absolute atomic E-state index is 0.0940. The molecule has 1 aliphatic heterocycles. The minimum Gasteiger partial charge on any atom is -0.379 e. The Labute approximate surface area is 96.4 Å². The summed E-state index contributed by atoms with van der Waals surface area (Å²) < 4.78 is 5.31. The highest BCUT2D eigenvalue weighted by molar-refractivity contribution is 5.12. The van der Waals surface area contributed by atoms with Gasteiger partial charge in [-0.1, -0.05) is 6.07 Å². The van der Waals surface area contributed by atoms with Crippen LogP contribution >= 0.6 is 0 Å². The molecule has 0 bridgehead atoms. The molecule has 0 spiro atoms. The number of rotatable bonds is 4. The van der Waals surface area contributed by atoms with E-state index in [9.17, 15) is 0 Å². The predicted octanol–water partition coefficient (Wildman–Crippen LogP) is 0.804. The van der Waals surface area contributed by atoms with E-state index in [1.807, 2.05) is 18.3 Å². The van der Waals surface area contributed by atoms with Gasteiger partial charge in [0.25, 0.3) is 0 Å². The molecule has 2 rings (SSSR count). The van der Waals surface area contributed by atoms with E-state index >= 15 is 0 Å². The third-order valence-electron chi connectivity index (χ3n) is 2.97. The Morgan fingerprint density at radius 2 is 2.25 bits per heavy atom. The third-order valence-corrected chi connectivity index (χ3v) is 2.97. The van der Waals surface area contributed by atoms with Crippen LogP contribution in [0, 0.1) is 0 Å². The lowest BCUT2D eigenvalue weighted by Crippen LogP contribution is -2.37. The van der Waals surface area contributed by atoms with Crippen LogP contribution in [0.5, 0.6) is 0 Å². The Hall–Kier alpha value is -0.970. The smallest absolute Gasteiger partial charge is 0.0594 e. The second kappa shape index (κ2) is 5.94. The van der Waals surface area contributed by atoms with E-state index in [4.69, 9.17) is 10.5 Å². The molecule has 0 amide bonds. The zero-order chi connectivity index (χ0) is 11.2. The average molecular weight is 221 g/mol. The number of pyridine rings is 1. The molecular formula is C12H19N3O. The summed E-state index contributed by atoms with van der Waals surface area (Å²) in [5.41, 5.74) is 7.24. The van der Waals surface area contributed by atoms with Gasteiger partial charge in [0, 0.05) is 38.1 Å². The van der Waals surface area contributed by atoms with Gasteiger partial charge in [0.15, 0.2) is 0 Å². The van der Waals surface area contributed by atoms with Crippen LogP contribution in [-0.2, 0) is 4.74 Å². The van der Waals surface area contributed by atoms with Gasteiger partial charge in [0.2, 0.25) is 0 Å². The fourth-order valence-electron chi connectivity index (χ4n) is 1.91. The molecule has 16 heavy (non-hydrogen) atoms. The Morgan fingerprint density at radius 3 is 2.94 bits per heavy atom. The summed E-state index contributed by atoms with van der Waals surface area (Å²) in [6, 6.07) is 4.07. The van der Waals surface area contributed by atoms with Crippen molar-refractivity contribution in [3.05, 3.63) is 30.1 Å². The van der Waals surface area contributed by atoms with Crippen molar-refractivity contribution >= 4 is 0 Å². The quantitative estimate of drug-likeness (QED) is 0.817. The van der Waals surface area contributed by atoms with Gasteiger partial charge in [-0.15, -0.1) is 0 Å². The molecule has 1 unspecified atom stereocenters. The van der Waals surface area contributed by atoms with Crippen LogP contribution in [0.2, 0.25) is 0 Å². The predicted molar refractivity (Wildman–Crippen MR) is 63.0 cm³/mol. The third kappa shape index (κ3) is 3.27. The molecule has 1 aromatic rings. The van der Waals surface area contributed by atoms with Crippen molar-refractivity contribution < 1.29 is 4.74 Å². The van der Waals surface area contributed by atoms with Crippen LogP contribution in [0.15, 0.2) is 24.5 Å². The molecule has 0 radical (unpaired) electrons. The van der Waals surface area contributed by atoms with Gasteiger partial charge in [-0.3, -0.25) is 9.88 Å². The number of ether oxygens (including phenoxy) is 1. The standard InChI is InChI=1S/C12H19N3O/c13-12(11-2-1-4-14-10-11)3-5-15-6-8-16-9-7-15/h1-2,4,10,12H,3,5-9,13H2. The first kappa shape index (κ1) is 11.5. The number of aromatic nitrogens is 1. The fraction of sp³-hybridized carbons (Fsp3) is 0.583. The van der Waals surface area contributed by atoms with Crippen molar-refractivity contribution in [1.82, 2.24) is 9.88 Å². The molecule has 0 aromatic carbocycles. The van der Waals surface area contributed by atoms with Crippen molar-refractivity contribution in [3.63, 3.8) is 0 Å². The average Bonchev–Trinajstić information content (AvgIpc) is 2.38. The van der Waals surface area contributed by atoms with Crippen molar-refractivity contribution in [2.45, 2.75) is 12.5 Å². The minimum atomic E-state index is 0.0940. The first-order valence-corrected chi connectivity index (χ1v) is 5.82. The van der Waals surface area contributed by atoms with Gasteiger partial charge in [-0.25, -0.2) is 0 Å². The zero-order valence-electron chi connectivity index (χ0n) is 9.51. The molecule has 2 heterocycles. The summed E-state index contributed by atoms with van der Waals surface area (Å²) in [4.78, 5) is 6.49. The van der Waals surface area contributed by atoms with Crippen molar-refractivity contribution in [2.75, 3.05) is 32.8 Å². The van der Waals surface area contributed by atoms with Gasteiger partial charge in [0.05, 0.1) is 13.2 Å². The van der Waals surface area contributed by atoms with Crippen LogP contribution in [-0.4, -0.2) is 42.7 Å². The number of nitrogens with zero attached hydrogens (tertiary/aromatic N) is 2. The molecule has 2 N–H and O–H groups in total. The summed E-state index contributed by atoms with van der Waals surface area (Å²) in [7, 11) is 0. The maximum Gasteiger partial charge on any atom is 0.0594 e. The first-order chi connectivity index (χ1) is 7.86. The molecular weight excluding hydrogens is 202 g/mol. The highest BCUT2D eigenvalue weighted by atomic mass is 16.5. The molecule has 0 saturated carbocycles. The van der Waals surface area contributed by atoms with Gasteiger partial charge in [0.1, 0.15) is 0 Å². The van der Waals surface area contributed by atoms with Crippen LogP contribution in [0.25, 0.3) is 0 Å². The normalized spacial score (nSPS) is 19.6. The van der Waals surface area contributed by atoms with Gasteiger partial charge >= 0.3 is 0 Å². The van der Waals surface area contributed by atoms with Crippen LogP contribution in [0.4, 0.5) is 0 Å². The van der Waals surface area contributed by atoms with Gasteiger partial charge in [-0.2, -0.15) is 0 Å². The summed E-state index contributed by atoms with van der Waals surface area (Å²) in [6.45, 7) is 4.79. The molecule has 1 saturated heterocycles. The fourth-order valence-corrected chi connectivity index (χ4v) is 1.91. The molecule has 1 fully saturated rings. The van der Waals surface area contributed by atoms with Crippen LogP contribution in [0.1, 0.15) is 18.0 Å². The highest BCUT2D eigenvalue weighted by Gasteiger charge is 2.12. The van der Waals surface area contributed by atoms with E-state index in [1.54, 1.807) is 6.20 Å². The summed E-state index contributed by atoms with van der Waals surface area (Å²) in [5, 5.41) is 0. The first-order valence-electron chi connectivity index (χ1n) is 5.82. The zero-order valence-corrected chi connectivity index (χ0v) is 9.51. The van der Waals surface area contributed by atoms with E-state index in [2.05, 4.69) is 9.88 Å². The molecule has 1 aromatic heterocycles. The maximum absolute atomic E-state index is 6.11. The van der Waals surface area contributed by atoms with E-state index < -0.39 is 0 Å². The van der Waals surface area contributed by atoms with E-state index in [0.29, 0.717) is 0 Å². The van der Waals surface area contributed by atoms with Gasteiger partial charge < -0.3 is 10.5 Å². The largest absolute Gasteiger partial charge is 0.379 e. The van der Waals surface area contributed by atoms with Crippen molar-refractivity contribution in [2.24, 2.45) is 5.73 Å². The second-order valence-corrected chi connectivity index (χ2v) is 4.14. The van der Waals surface area contributed by atoms with Crippen molar-refractivity contribution in [1.29, 1.82) is 0 Å². The lowest BCUT2D eigenvalue weighted by molar-refractivity contribution is 0.0366. The van der Waals surface area contributed by atoms with Crippen LogP contribution in [0.3, 0.4) is 0 Å². The summed E-state index contributed by atoms with van der Waals surface area (Å²) in [6.07, 6.45) is 4.61. The van der Waals surface area contributed by atoms with Crippen molar-refractivity contribution in [3.8, 4) is 0 Å². The lowest BCUT2D eigenvalue weighted by Gasteiger charge is -2.27.